The van der Waals surface area contributed by atoms with Crippen LogP contribution >= 0.6 is 0 Å². The van der Waals surface area contributed by atoms with Crippen LogP contribution in [-0.2, 0) is 14.3 Å². The quantitative estimate of drug-likeness (QED) is 0.560. The van der Waals surface area contributed by atoms with Gasteiger partial charge in [-0.3, -0.25) is 4.79 Å². The third kappa shape index (κ3) is 5.36. The van der Waals surface area contributed by atoms with Gasteiger partial charge in [-0.05, 0) is 19.8 Å². The molecule has 0 radical (unpaired) electrons. The standard InChI is InChI=1S/C14H27NO3/c1-11(14(16)17-3)12(2)15-9-10-18-13-7-5-4-6-8-13/h11-13,15H,4-10H2,1-3H3. The lowest BCUT2D eigenvalue weighted by Gasteiger charge is -2.23. The Labute approximate surface area is 110 Å². The number of hydrogen-bond donors (Lipinski definition) is 1. The topological polar surface area (TPSA) is 47.6 Å². The first-order chi connectivity index (χ1) is 8.65. The summed E-state index contributed by atoms with van der Waals surface area (Å²) in [4.78, 5) is 11.3. The summed E-state index contributed by atoms with van der Waals surface area (Å²) in [7, 11) is 1.43. The molecule has 0 aliphatic heterocycles. The van der Waals surface area contributed by atoms with Crippen LogP contribution < -0.4 is 5.32 Å². The van der Waals surface area contributed by atoms with Crippen molar-refractivity contribution in [2.75, 3.05) is 20.3 Å². The molecule has 1 fully saturated rings. The van der Waals surface area contributed by atoms with E-state index in [2.05, 4.69) is 5.32 Å². The Morgan fingerprint density at radius 2 is 1.94 bits per heavy atom. The predicted octanol–water partition coefficient (Wildman–Crippen LogP) is 2.12. The Hall–Kier alpha value is -0.610. The van der Waals surface area contributed by atoms with Gasteiger partial charge in [-0.1, -0.05) is 26.2 Å². The fourth-order valence-corrected chi connectivity index (χ4v) is 2.31. The first-order valence-corrected chi connectivity index (χ1v) is 7.08. The summed E-state index contributed by atoms with van der Waals surface area (Å²) in [6, 6.07) is 0.118. The van der Waals surface area contributed by atoms with Crippen LogP contribution in [0.5, 0.6) is 0 Å². The van der Waals surface area contributed by atoms with Gasteiger partial charge in [0.15, 0.2) is 0 Å². The Morgan fingerprint density at radius 3 is 2.56 bits per heavy atom. The summed E-state index contributed by atoms with van der Waals surface area (Å²) in [6.45, 7) is 5.40. The number of hydrogen-bond acceptors (Lipinski definition) is 4. The van der Waals surface area contributed by atoms with Gasteiger partial charge in [0.2, 0.25) is 0 Å². The van der Waals surface area contributed by atoms with Gasteiger partial charge in [0.05, 0.1) is 25.7 Å². The second-order valence-corrected chi connectivity index (χ2v) is 5.19. The van der Waals surface area contributed by atoms with Crippen molar-refractivity contribution >= 4 is 5.97 Å². The molecule has 1 aliphatic rings. The third-order valence-electron chi connectivity index (χ3n) is 3.80. The highest BCUT2D eigenvalue weighted by molar-refractivity contribution is 5.72. The van der Waals surface area contributed by atoms with E-state index in [1.165, 1.54) is 39.2 Å². The maximum absolute atomic E-state index is 11.3. The lowest BCUT2D eigenvalue weighted by atomic mass is 9.98. The molecule has 1 rings (SSSR count). The fourth-order valence-electron chi connectivity index (χ4n) is 2.31. The minimum absolute atomic E-state index is 0.118. The second kappa shape index (κ2) is 8.48. The molecule has 4 nitrogen and oxygen atoms in total. The van der Waals surface area contributed by atoms with Gasteiger partial charge in [-0.2, -0.15) is 0 Å². The van der Waals surface area contributed by atoms with Crippen molar-refractivity contribution in [2.45, 2.75) is 58.1 Å². The highest BCUT2D eigenvalue weighted by Gasteiger charge is 2.20. The summed E-state index contributed by atoms with van der Waals surface area (Å²) in [6.07, 6.45) is 6.81. The zero-order valence-electron chi connectivity index (χ0n) is 11.9. The molecule has 0 aromatic carbocycles. The van der Waals surface area contributed by atoms with Gasteiger partial charge in [0.1, 0.15) is 0 Å². The Bertz CT molecular complexity index is 239. The highest BCUT2D eigenvalue weighted by Crippen LogP contribution is 2.19. The van der Waals surface area contributed by atoms with Crippen molar-refractivity contribution in [2.24, 2.45) is 5.92 Å². The largest absolute Gasteiger partial charge is 0.469 e. The Morgan fingerprint density at radius 1 is 1.28 bits per heavy atom. The maximum Gasteiger partial charge on any atom is 0.309 e. The van der Waals surface area contributed by atoms with Crippen LogP contribution in [0.25, 0.3) is 0 Å². The van der Waals surface area contributed by atoms with Crippen LogP contribution in [0.1, 0.15) is 46.0 Å². The number of esters is 1. The number of carbonyl (C=O) groups excluding carboxylic acids is 1. The lowest BCUT2D eigenvalue weighted by Crippen LogP contribution is -2.38. The summed E-state index contributed by atoms with van der Waals surface area (Å²) in [5.74, 6) is -0.284. The van der Waals surface area contributed by atoms with Crippen LogP contribution in [0.2, 0.25) is 0 Å². The molecular formula is C14H27NO3. The molecule has 0 saturated heterocycles. The van der Waals surface area contributed by atoms with E-state index in [0.29, 0.717) is 6.10 Å². The molecule has 1 saturated carbocycles. The first kappa shape index (κ1) is 15.4. The lowest BCUT2D eigenvalue weighted by molar-refractivity contribution is -0.145. The Kier molecular flexibility index (Phi) is 7.28. The number of methoxy groups -OCH3 is 1. The third-order valence-corrected chi connectivity index (χ3v) is 3.80. The van der Waals surface area contributed by atoms with E-state index in [0.717, 1.165) is 13.2 Å². The summed E-state index contributed by atoms with van der Waals surface area (Å²) < 4.78 is 10.5. The molecule has 1 N–H and O–H groups in total. The fraction of sp³-hybridized carbons (Fsp3) is 0.929. The number of ether oxygens (including phenoxy) is 2. The van der Waals surface area contributed by atoms with E-state index in [4.69, 9.17) is 9.47 Å². The Balaban J connectivity index is 2.07. The average Bonchev–Trinajstić information content (AvgIpc) is 2.42. The van der Waals surface area contributed by atoms with E-state index in [1.54, 1.807) is 0 Å². The zero-order chi connectivity index (χ0) is 13.4. The zero-order valence-corrected chi connectivity index (χ0v) is 11.9. The number of nitrogens with one attached hydrogen (secondary N) is 1. The molecule has 2 atom stereocenters. The SMILES string of the molecule is COC(=O)C(C)C(C)NCCOC1CCCCC1. The van der Waals surface area contributed by atoms with Crippen LogP contribution in [0.15, 0.2) is 0 Å². The van der Waals surface area contributed by atoms with E-state index in [-0.39, 0.29) is 17.9 Å². The number of carbonyl (C=O) groups is 1. The molecule has 106 valence electrons. The van der Waals surface area contributed by atoms with Crippen molar-refractivity contribution in [3.8, 4) is 0 Å². The van der Waals surface area contributed by atoms with Gasteiger partial charge in [0, 0.05) is 12.6 Å². The van der Waals surface area contributed by atoms with Crippen LogP contribution in [0.3, 0.4) is 0 Å². The van der Waals surface area contributed by atoms with E-state index in [1.807, 2.05) is 13.8 Å². The molecular weight excluding hydrogens is 230 g/mol. The molecule has 2 unspecified atom stereocenters. The summed E-state index contributed by atoms with van der Waals surface area (Å²) in [5, 5.41) is 3.31. The van der Waals surface area contributed by atoms with Crippen LogP contribution in [-0.4, -0.2) is 38.4 Å². The van der Waals surface area contributed by atoms with E-state index in [9.17, 15) is 4.79 Å². The van der Waals surface area contributed by atoms with E-state index < -0.39 is 0 Å². The van der Waals surface area contributed by atoms with Crippen LogP contribution in [0, 0.1) is 5.92 Å². The molecule has 18 heavy (non-hydrogen) atoms. The summed E-state index contributed by atoms with van der Waals surface area (Å²) >= 11 is 0. The van der Waals surface area contributed by atoms with Crippen LogP contribution in [0.4, 0.5) is 0 Å². The van der Waals surface area contributed by atoms with Crippen molar-refractivity contribution in [1.82, 2.24) is 5.32 Å². The van der Waals surface area contributed by atoms with Crippen molar-refractivity contribution in [3.63, 3.8) is 0 Å². The maximum atomic E-state index is 11.3. The van der Waals surface area contributed by atoms with Gasteiger partial charge in [0.25, 0.3) is 0 Å². The average molecular weight is 257 g/mol. The molecule has 0 heterocycles. The molecule has 1 aliphatic carbocycles. The second-order valence-electron chi connectivity index (χ2n) is 5.19. The molecule has 4 heteroatoms. The number of rotatable bonds is 7. The molecule has 0 spiro atoms. The predicted molar refractivity (Wildman–Crippen MR) is 71.5 cm³/mol. The van der Waals surface area contributed by atoms with Gasteiger partial charge in [-0.15, -0.1) is 0 Å². The normalized spacial score (nSPS) is 20.4. The minimum Gasteiger partial charge on any atom is -0.469 e. The monoisotopic (exact) mass is 257 g/mol. The molecule has 0 aromatic rings. The molecule has 0 bridgehead atoms. The minimum atomic E-state index is -0.164. The van der Waals surface area contributed by atoms with Crippen molar-refractivity contribution in [1.29, 1.82) is 0 Å². The molecule has 0 aromatic heterocycles. The highest BCUT2D eigenvalue weighted by atomic mass is 16.5. The van der Waals surface area contributed by atoms with Gasteiger partial charge < -0.3 is 14.8 Å². The van der Waals surface area contributed by atoms with Gasteiger partial charge >= 0.3 is 5.97 Å². The van der Waals surface area contributed by atoms with Crippen molar-refractivity contribution in [3.05, 3.63) is 0 Å². The van der Waals surface area contributed by atoms with E-state index >= 15 is 0 Å². The summed E-state index contributed by atoms with van der Waals surface area (Å²) in [5.41, 5.74) is 0. The first-order valence-electron chi connectivity index (χ1n) is 7.08. The molecule has 0 amide bonds. The van der Waals surface area contributed by atoms with Gasteiger partial charge in [-0.25, -0.2) is 0 Å². The smallest absolute Gasteiger partial charge is 0.309 e. The van der Waals surface area contributed by atoms with Crippen molar-refractivity contribution < 1.29 is 14.3 Å².